The number of aromatic nitrogens is 2. The number of hydrogen-bond acceptors (Lipinski definition) is 4. The van der Waals surface area contributed by atoms with Crippen LogP contribution in [0.3, 0.4) is 0 Å². The number of carbonyl (C=O) groups is 2. The molecular formula is C17H21N3O3. The molecular weight excluding hydrogens is 294 g/mol. The van der Waals surface area contributed by atoms with Crippen molar-refractivity contribution in [3.05, 3.63) is 48.0 Å². The highest BCUT2D eigenvalue weighted by molar-refractivity contribution is 5.94. The zero-order valence-electron chi connectivity index (χ0n) is 13.6. The Labute approximate surface area is 135 Å². The average molecular weight is 315 g/mol. The molecule has 2 aromatic rings. The number of ketones is 1. The third-order valence-electron chi connectivity index (χ3n) is 3.49. The Bertz CT molecular complexity index is 680. The van der Waals surface area contributed by atoms with E-state index in [-0.39, 0.29) is 24.2 Å². The van der Waals surface area contributed by atoms with Crippen LogP contribution in [0.5, 0.6) is 5.75 Å². The lowest BCUT2D eigenvalue weighted by Crippen LogP contribution is -2.36. The van der Waals surface area contributed by atoms with Crippen molar-refractivity contribution in [2.75, 3.05) is 7.11 Å². The number of ether oxygens (including phenoxy) is 1. The zero-order valence-corrected chi connectivity index (χ0v) is 13.6. The van der Waals surface area contributed by atoms with Crippen LogP contribution in [0.2, 0.25) is 0 Å². The molecule has 122 valence electrons. The van der Waals surface area contributed by atoms with Gasteiger partial charge in [-0.15, -0.1) is 0 Å². The minimum atomic E-state index is -0.114. The molecule has 0 saturated carbocycles. The van der Waals surface area contributed by atoms with Gasteiger partial charge in [0, 0.05) is 36.1 Å². The first kappa shape index (κ1) is 16.7. The molecule has 6 nitrogen and oxygen atoms in total. The number of rotatable bonds is 7. The van der Waals surface area contributed by atoms with E-state index in [1.54, 1.807) is 37.8 Å². The van der Waals surface area contributed by atoms with Crippen molar-refractivity contribution < 1.29 is 14.3 Å². The molecule has 0 saturated heterocycles. The Hall–Kier alpha value is -2.63. The summed E-state index contributed by atoms with van der Waals surface area (Å²) >= 11 is 0. The number of nitrogens with zero attached hydrogens (tertiary/aromatic N) is 2. The Morgan fingerprint density at radius 2 is 2.17 bits per heavy atom. The zero-order chi connectivity index (χ0) is 16.8. The predicted octanol–water partition coefficient (Wildman–Crippen LogP) is 1.84. The molecule has 0 bridgehead atoms. The number of Topliss-reactive ketones (excluding diaryl/α,β-unsaturated/α-hetero) is 1. The van der Waals surface area contributed by atoms with Crippen LogP contribution in [0.15, 0.2) is 36.9 Å². The summed E-state index contributed by atoms with van der Waals surface area (Å²) in [6.07, 6.45) is 5.43. The van der Waals surface area contributed by atoms with Gasteiger partial charge in [0.2, 0.25) is 5.91 Å². The summed E-state index contributed by atoms with van der Waals surface area (Å²) in [5.74, 6) is 0.451. The number of carbonyl (C=O) groups excluding carboxylic acids is 2. The summed E-state index contributed by atoms with van der Waals surface area (Å²) in [6, 6.07) is 5.10. The highest BCUT2D eigenvalue weighted by Gasteiger charge is 2.13. The van der Waals surface area contributed by atoms with E-state index in [1.165, 1.54) is 6.92 Å². The summed E-state index contributed by atoms with van der Waals surface area (Å²) in [5, 5.41) is 2.94. The van der Waals surface area contributed by atoms with Crippen molar-refractivity contribution in [1.82, 2.24) is 14.9 Å². The molecule has 1 N–H and O–H groups in total. The summed E-state index contributed by atoms with van der Waals surface area (Å²) < 4.78 is 7.17. The van der Waals surface area contributed by atoms with Crippen molar-refractivity contribution in [2.24, 2.45) is 0 Å². The first-order valence-corrected chi connectivity index (χ1v) is 7.42. The van der Waals surface area contributed by atoms with Gasteiger partial charge < -0.3 is 14.6 Å². The first-order valence-electron chi connectivity index (χ1n) is 7.42. The maximum atomic E-state index is 12.2. The van der Waals surface area contributed by atoms with Crippen LogP contribution >= 0.6 is 0 Å². The van der Waals surface area contributed by atoms with Crippen LogP contribution in [0, 0.1) is 0 Å². The van der Waals surface area contributed by atoms with E-state index >= 15 is 0 Å². The predicted molar refractivity (Wildman–Crippen MR) is 86.5 cm³/mol. The quantitative estimate of drug-likeness (QED) is 0.791. The molecule has 0 fully saturated rings. The van der Waals surface area contributed by atoms with Crippen molar-refractivity contribution >= 4 is 11.7 Å². The Balaban J connectivity index is 2.01. The van der Waals surface area contributed by atoms with E-state index in [1.807, 2.05) is 17.7 Å². The smallest absolute Gasteiger partial charge is 0.224 e. The van der Waals surface area contributed by atoms with Crippen LogP contribution in [0.4, 0.5) is 0 Å². The Morgan fingerprint density at radius 3 is 2.78 bits per heavy atom. The number of hydrogen-bond donors (Lipinski definition) is 1. The molecule has 0 aliphatic carbocycles. The van der Waals surface area contributed by atoms with Gasteiger partial charge in [0.1, 0.15) is 5.75 Å². The normalized spacial score (nSPS) is 11.8. The van der Waals surface area contributed by atoms with Crippen molar-refractivity contribution in [3.63, 3.8) is 0 Å². The number of methoxy groups -OCH3 is 1. The van der Waals surface area contributed by atoms with Gasteiger partial charge in [-0.25, -0.2) is 4.98 Å². The molecule has 0 aliphatic rings. The van der Waals surface area contributed by atoms with Gasteiger partial charge in [0.25, 0.3) is 0 Å². The second kappa shape index (κ2) is 7.58. The third-order valence-corrected chi connectivity index (χ3v) is 3.49. The fraction of sp³-hybridized carbons (Fsp3) is 0.353. The molecule has 0 unspecified atom stereocenters. The average Bonchev–Trinajstić information content (AvgIpc) is 2.99. The van der Waals surface area contributed by atoms with E-state index < -0.39 is 0 Å². The van der Waals surface area contributed by atoms with E-state index in [0.29, 0.717) is 23.4 Å². The van der Waals surface area contributed by atoms with Gasteiger partial charge in [-0.2, -0.15) is 0 Å². The Kier molecular flexibility index (Phi) is 5.51. The summed E-state index contributed by atoms with van der Waals surface area (Å²) in [4.78, 5) is 27.7. The maximum absolute atomic E-state index is 12.2. The fourth-order valence-corrected chi connectivity index (χ4v) is 2.39. The molecule has 1 heterocycles. The number of amides is 1. The van der Waals surface area contributed by atoms with E-state index in [4.69, 9.17) is 4.74 Å². The second-order valence-electron chi connectivity index (χ2n) is 5.49. The maximum Gasteiger partial charge on any atom is 0.224 e. The molecule has 0 aliphatic heterocycles. The van der Waals surface area contributed by atoms with Gasteiger partial charge in [0.15, 0.2) is 5.78 Å². The molecule has 1 aromatic carbocycles. The van der Waals surface area contributed by atoms with Crippen LogP contribution in [0.1, 0.15) is 29.8 Å². The molecule has 6 heteroatoms. The van der Waals surface area contributed by atoms with E-state index in [0.717, 1.165) is 0 Å². The van der Waals surface area contributed by atoms with Gasteiger partial charge in [0.05, 0.1) is 19.9 Å². The summed E-state index contributed by atoms with van der Waals surface area (Å²) in [6.45, 7) is 4.08. The van der Waals surface area contributed by atoms with Gasteiger partial charge in [-0.1, -0.05) is 0 Å². The highest BCUT2D eigenvalue weighted by Crippen LogP contribution is 2.21. The standard InChI is InChI=1S/C17H21N3O3/c1-12(10-20-7-6-18-11-20)19-17(22)9-15-8-14(13(2)21)4-5-16(15)23-3/h4-8,11-12H,9-10H2,1-3H3,(H,19,22)/t12-/m0/s1. The van der Waals surface area contributed by atoms with Crippen molar-refractivity contribution in [1.29, 1.82) is 0 Å². The summed E-state index contributed by atoms with van der Waals surface area (Å²) in [7, 11) is 1.55. The van der Waals surface area contributed by atoms with Crippen LogP contribution in [0.25, 0.3) is 0 Å². The minimum absolute atomic E-state index is 0.0290. The largest absolute Gasteiger partial charge is 0.496 e. The van der Waals surface area contributed by atoms with Crippen LogP contribution < -0.4 is 10.1 Å². The Morgan fingerprint density at radius 1 is 1.39 bits per heavy atom. The topological polar surface area (TPSA) is 73.2 Å². The minimum Gasteiger partial charge on any atom is -0.496 e. The lowest BCUT2D eigenvalue weighted by molar-refractivity contribution is -0.121. The number of imidazole rings is 1. The number of nitrogens with one attached hydrogen (secondary N) is 1. The third kappa shape index (κ3) is 4.67. The fourth-order valence-electron chi connectivity index (χ4n) is 2.39. The van der Waals surface area contributed by atoms with Crippen molar-refractivity contribution in [3.8, 4) is 5.75 Å². The molecule has 1 amide bonds. The SMILES string of the molecule is COc1ccc(C(C)=O)cc1CC(=O)N[C@@H](C)Cn1ccnc1. The monoisotopic (exact) mass is 315 g/mol. The van der Waals surface area contributed by atoms with Crippen LogP contribution in [-0.4, -0.2) is 34.4 Å². The highest BCUT2D eigenvalue weighted by atomic mass is 16.5. The molecule has 0 radical (unpaired) electrons. The molecule has 2 rings (SSSR count). The number of benzene rings is 1. The van der Waals surface area contributed by atoms with Crippen molar-refractivity contribution in [2.45, 2.75) is 32.9 Å². The molecule has 23 heavy (non-hydrogen) atoms. The first-order chi connectivity index (χ1) is 11.0. The molecule has 1 aromatic heterocycles. The van der Waals surface area contributed by atoms with E-state index in [2.05, 4.69) is 10.3 Å². The van der Waals surface area contributed by atoms with Gasteiger partial charge in [-0.05, 0) is 32.0 Å². The van der Waals surface area contributed by atoms with Gasteiger partial charge >= 0.3 is 0 Å². The molecule has 0 spiro atoms. The van der Waals surface area contributed by atoms with Crippen LogP contribution in [-0.2, 0) is 17.8 Å². The lowest BCUT2D eigenvalue weighted by Gasteiger charge is -2.15. The summed E-state index contributed by atoms with van der Waals surface area (Å²) in [5.41, 5.74) is 1.27. The van der Waals surface area contributed by atoms with E-state index in [9.17, 15) is 9.59 Å². The molecule has 1 atom stereocenters. The second-order valence-corrected chi connectivity index (χ2v) is 5.49. The van der Waals surface area contributed by atoms with Gasteiger partial charge in [-0.3, -0.25) is 9.59 Å². The lowest BCUT2D eigenvalue weighted by atomic mass is 10.0.